The Bertz CT molecular complexity index is 394. The van der Waals surface area contributed by atoms with Gasteiger partial charge in [0.05, 0.1) is 12.2 Å². The second-order valence-corrected chi connectivity index (χ2v) is 4.13. The molecule has 0 aliphatic carbocycles. The monoisotopic (exact) mass is 237 g/mol. The summed E-state index contributed by atoms with van der Waals surface area (Å²) >= 11 is 0. The Balaban J connectivity index is 2.16. The van der Waals surface area contributed by atoms with E-state index in [2.05, 4.69) is 15.2 Å². The lowest BCUT2D eigenvalue weighted by atomic mass is 10.2. The summed E-state index contributed by atoms with van der Waals surface area (Å²) in [5.74, 6) is 0.789. The van der Waals surface area contributed by atoms with E-state index in [1.165, 1.54) is 0 Å². The van der Waals surface area contributed by atoms with E-state index >= 15 is 0 Å². The molecule has 1 saturated heterocycles. The fraction of sp³-hybridized carbons (Fsp3) is 0.583. The Morgan fingerprint density at radius 2 is 2.18 bits per heavy atom. The molecule has 0 atom stereocenters. The Labute approximate surface area is 101 Å². The number of H-pyrrole nitrogens is 1. The zero-order valence-electron chi connectivity index (χ0n) is 10.4. The summed E-state index contributed by atoms with van der Waals surface area (Å²) in [6.45, 7) is 8.07. The number of hydrogen-bond acceptors (Lipinski definition) is 4. The van der Waals surface area contributed by atoms with Gasteiger partial charge in [0.2, 0.25) is 0 Å². The molecule has 0 amide bonds. The number of nitrogens with zero attached hydrogens (tertiary/aromatic N) is 1. The Kier molecular flexibility index (Phi) is 3.68. The van der Waals surface area contributed by atoms with E-state index in [1.807, 2.05) is 13.8 Å². The van der Waals surface area contributed by atoms with Crippen molar-refractivity contribution in [1.82, 2.24) is 10.3 Å². The molecule has 0 spiro atoms. The van der Waals surface area contributed by atoms with Crippen molar-refractivity contribution in [1.29, 1.82) is 0 Å². The van der Waals surface area contributed by atoms with Gasteiger partial charge in [-0.1, -0.05) is 0 Å². The molecule has 2 N–H and O–H groups in total. The molecule has 0 radical (unpaired) electrons. The third kappa shape index (κ3) is 2.44. The van der Waals surface area contributed by atoms with E-state index < -0.39 is 0 Å². The Hall–Kier alpha value is -1.49. The van der Waals surface area contributed by atoms with Crippen molar-refractivity contribution in [2.75, 3.05) is 37.7 Å². The molecule has 1 aliphatic heterocycles. The van der Waals surface area contributed by atoms with Crippen LogP contribution in [-0.2, 0) is 4.74 Å². The van der Waals surface area contributed by atoms with Crippen molar-refractivity contribution in [2.24, 2.45) is 0 Å². The quantitative estimate of drug-likeness (QED) is 0.767. The highest BCUT2D eigenvalue weighted by Gasteiger charge is 2.19. The number of piperazine rings is 1. The first-order chi connectivity index (χ1) is 8.24. The molecule has 0 aromatic carbocycles. The van der Waals surface area contributed by atoms with Crippen LogP contribution in [0.25, 0.3) is 0 Å². The average Bonchev–Trinajstić information content (AvgIpc) is 2.72. The van der Waals surface area contributed by atoms with E-state index in [1.54, 1.807) is 6.20 Å². The summed E-state index contributed by atoms with van der Waals surface area (Å²) in [5, 5.41) is 3.31. The Morgan fingerprint density at radius 1 is 1.47 bits per heavy atom. The van der Waals surface area contributed by atoms with Crippen molar-refractivity contribution in [3.8, 4) is 0 Å². The number of anilines is 1. The minimum absolute atomic E-state index is 0.248. The van der Waals surface area contributed by atoms with Crippen molar-refractivity contribution in [3.63, 3.8) is 0 Å². The van der Waals surface area contributed by atoms with E-state index in [-0.39, 0.29) is 5.97 Å². The van der Waals surface area contributed by atoms with E-state index in [9.17, 15) is 4.79 Å². The van der Waals surface area contributed by atoms with Gasteiger partial charge in [-0.15, -0.1) is 0 Å². The van der Waals surface area contributed by atoms with Gasteiger partial charge in [-0.05, 0) is 13.8 Å². The molecule has 0 bridgehead atoms. The second-order valence-electron chi connectivity index (χ2n) is 4.13. The van der Waals surface area contributed by atoms with Crippen molar-refractivity contribution < 1.29 is 9.53 Å². The number of rotatable bonds is 3. The lowest BCUT2D eigenvalue weighted by Gasteiger charge is -2.28. The Morgan fingerprint density at radius 3 is 2.82 bits per heavy atom. The molecule has 0 unspecified atom stereocenters. The minimum atomic E-state index is -0.248. The van der Waals surface area contributed by atoms with Gasteiger partial charge in [0.25, 0.3) is 0 Å². The van der Waals surface area contributed by atoms with Crippen LogP contribution in [0.15, 0.2) is 6.20 Å². The standard InChI is InChI=1S/C12H19N3O2/c1-3-17-12(16)10-8-14-11(9(10)2)15-6-4-13-5-7-15/h8,13-14H,3-7H2,1-2H3. The van der Waals surface area contributed by atoms with Crippen LogP contribution in [0.2, 0.25) is 0 Å². The van der Waals surface area contributed by atoms with Crippen LogP contribution in [0.3, 0.4) is 0 Å². The predicted octanol–water partition coefficient (Wildman–Crippen LogP) is 0.909. The smallest absolute Gasteiger partial charge is 0.340 e. The van der Waals surface area contributed by atoms with Gasteiger partial charge in [-0.3, -0.25) is 0 Å². The number of nitrogens with one attached hydrogen (secondary N) is 2. The lowest BCUT2D eigenvalue weighted by Crippen LogP contribution is -2.43. The summed E-state index contributed by atoms with van der Waals surface area (Å²) < 4.78 is 5.02. The van der Waals surface area contributed by atoms with Gasteiger partial charge >= 0.3 is 5.97 Å². The number of aromatic amines is 1. The maximum Gasteiger partial charge on any atom is 0.340 e. The maximum atomic E-state index is 11.7. The van der Waals surface area contributed by atoms with Gasteiger partial charge in [0.15, 0.2) is 0 Å². The molecular formula is C12H19N3O2. The average molecular weight is 237 g/mol. The first-order valence-corrected chi connectivity index (χ1v) is 6.04. The van der Waals surface area contributed by atoms with Gasteiger partial charge in [-0.2, -0.15) is 0 Å². The summed E-state index contributed by atoms with van der Waals surface area (Å²) in [7, 11) is 0. The number of ether oxygens (including phenoxy) is 1. The molecule has 0 saturated carbocycles. The van der Waals surface area contributed by atoms with Crippen molar-refractivity contribution >= 4 is 11.8 Å². The fourth-order valence-corrected chi connectivity index (χ4v) is 2.12. The summed E-state index contributed by atoms with van der Waals surface area (Å²) in [5.41, 5.74) is 1.62. The molecule has 1 aromatic rings. The van der Waals surface area contributed by atoms with Crippen LogP contribution in [0.4, 0.5) is 5.82 Å². The molecular weight excluding hydrogens is 218 g/mol. The van der Waals surface area contributed by atoms with Crippen LogP contribution in [0.1, 0.15) is 22.8 Å². The first-order valence-electron chi connectivity index (χ1n) is 6.04. The van der Waals surface area contributed by atoms with Gasteiger partial charge in [0.1, 0.15) is 5.82 Å². The van der Waals surface area contributed by atoms with E-state index in [0.717, 1.165) is 37.6 Å². The van der Waals surface area contributed by atoms with Crippen LogP contribution in [0, 0.1) is 6.92 Å². The number of carbonyl (C=O) groups is 1. The second kappa shape index (κ2) is 5.23. The normalized spacial score (nSPS) is 16.0. The SMILES string of the molecule is CCOC(=O)c1c[nH]c(N2CCNCC2)c1C. The highest BCUT2D eigenvalue weighted by Crippen LogP contribution is 2.22. The molecule has 2 rings (SSSR count). The van der Waals surface area contributed by atoms with Crippen LogP contribution < -0.4 is 10.2 Å². The highest BCUT2D eigenvalue weighted by atomic mass is 16.5. The van der Waals surface area contributed by atoms with Crippen LogP contribution in [-0.4, -0.2) is 43.7 Å². The zero-order valence-corrected chi connectivity index (χ0v) is 10.4. The molecule has 1 aromatic heterocycles. The summed E-state index contributed by atoms with van der Waals surface area (Å²) in [6, 6.07) is 0. The molecule has 5 heteroatoms. The molecule has 2 heterocycles. The molecule has 5 nitrogen and oxygen atoms in total. The summed E-state index contributed by atoms with van der Waals surface area (Å²) in [4.78, 5) is 17.1. The molecule has 17 heavy (non-hydrogen) atoms. The van der Waals surface area contributed by atoms with Gasteiger partial charge in [-0.25, -0.2) is 4.79 Å². The van der Waals surface area contributed by atoms with Gasteiger partial charge in [0, 0.05) is 37.9 Å². The van der Waals surface area contributed by atoms with Crippen molar-refractivity contribution in [3.05, 3.63) is 17.3 Å². The number of hydrogen-bond donors (Lipinski definition) is 2. The third-order valence-corrected chi connectivity index (χ3v) is 3.04. The van der Waals surface area contributed by atoms with E-state index in [0.29, 0.717) is 12.2 Å². The predicted molar refractivity (Wildman–Crippen MR) is 66.6 cm³/mol. The molecule has 1 aliphatic rings. The van der Waals surface area contributed by atoms with Crippen LogP contribution >= 0.6 is 0 Å². The molecule has 1 fully saturated rings. The molecule has 94 valence electrons. The fourth-order valence-electron chi connectivity index (χ4n) is 2.12. The zero-order chi connectivity index (χ0) is 12.3. The van der Waals surface area contributed by atoms with Crippen LogP contribution in [0.5, 0.6) is 0 Å². The number of aromatic nitrogens is 1. The minimum Gasteiger partial charge on any atom is -0.462 e. The topological polar surface area (TPSA) is 57.4 Å². The highest BCUT2D eigenvalue weighted by molar-refractivity contribution is 5.92. The number of esters is 1. The van der Waals surface area contributed by atoms with E-state index in [4.69, 9.17) is 4.74 Å². The maximum absolute atomic E-state index is 11.7. The van der Waals surface area contributed by atoms with Crippen molar-refractivity contribution in [2.45, 2.75) is 13.8 Å². The summed E-state index contributed by atoms with van der Waals surface area (Å²) in [6.07, 6.45) is 1.74. The largest absolute Gasteiger partial charge is 0.462 e. The lowest BCUT2D eigenvalue weighted by molar-refractivity contribution is 0.0526. The number of carbonyl (C=O) groups excluding carboxylic acids is 1. The third-order valence-electron chi connectivity index (χ3n) is 3.04. The van der Waals surface area contributed by atoms with Gasteiger partial charge < -0.3 is 19.9 Å². The first kappa shape index (κ1) is 12.0.